The molecule has 5 nitrogen and oxygen atoms in total. The van der Waals surface area contributed by atoms with Gasteiger partial charge in [0.05, 0.1) is 5.39 Å². The summed E-state index contributed by atoms with van der Waals surface area (Å²) in [5.41, 5.74) is 1.70. The summed E-state index contributed by atoms with van der Waals surface area (Å²) in [7, 11) is 0. The van der Waals surface area contributed by atoms with Crippen LogP contribution in [-0.4, -0.2) is 28.5 Å². The van der Waals surface area contributed by atoms with Crippen molar-refractivity contribution in [1.82, 2.24) is 15.3 Å². The molecule has 0 bridgehead atoms. The van der Waals surface area contributed by atoms with E-state index >= 15 is 0 Å². The molecule has 2 aromatic heterocycles. The number of rotatable bonds is 6. The molecule has 1 aromatic carbocycles. The van der Waals surface area contributed by atoms with Crippen molar-refractivity contribution in [2.45, 2.75) is 26.8 Å². The van der Waals surface area contributed by atoms with Crippen molar-refractivity contribution < 1.29 is 13.9 Å². The van der Waals surface area contributed by atoms with Crippen LogP contribution in [0.3, 0.4) is 0 Å². The van der Waals surface area contributed by atoms with E-state index in [1.165, 1.54) is 29.8 Å². The third-order valence-corrected chi connectivity index (χ3v) is 5.11. The lowest BCUT2D eigenvalue weighted by atomic mass is 10.1. The summed E-state index contributed by atoms with van der Waals surface area (Å²) >= 11 is 1.45. The van der Waals surface area contributed by atoms with Crippen LogP contribution in [0.4, 0.5) is 4.39 Å². The van der Waals surface area contributed by atoms with E-state index in [2.05, 4.69) is 15.3 Å². The van der Waals surface area contributed by atoms with Gasteiger partial charge in [0.25, 0.3) is 5.91 Å². The minimum absolute atomic E-state index is 0.0624. The van der Waals surface area contributed by atoms with Crippen LogP contribution >= 0.6 is 11.3 Å². The van der Waals surface area contributed by atoms with E-state index in [4.69, 9.17) is 4.74 Å². The van der Waals surface area contributed by atoms with Gasteiger partial charge < -0.3 is 10.1 Å². The molecule has 2 heterocycles. The van der Waals surface area contributed by atoms with Gasteiger partial charge in [-0.2, -0.15) is 0 Å². The van der Waals surface area contributed by atoms with Crippen molar-refractivity contribution in [2.75, 3.05) is 6.61 Å². The van der Waals surface area contributed by atoms with E-state index < -0.39 is 0 Å². The summed E-state index contributed by atoms with van der Waals surface area (Å²) in [6.45, 7) is 5.92. The number of fused-ring (bicyclic) bond motifs is 1. The summed E-state index contributed by atoms with van der Waals surface area (Å²) in [5.74, 6) is 0.197. The molecule has 0 saturated heterocycles. The lowest BCUT2D eigenvalue weighted by molar-refractivity contribution is -0.124. The number of hydrogen-bond acceptors (Lipinski definition) is 5. The highest BCUT2D eigenvalue weighted by molar-refractivity contribution is 7.17. The Labute approximate surface area is 155 Å². The molecule has 0 aliphatic rings. The molecule has 3 rings (SSSR count). The van der Waals surface area contributed by atoms with Gasteiger partial charge in [-0.25, -0.2) is 14.4 Å². The van der Waals surface area contributed by atoms with Crippen molar-refractivity contribution >= 4 is 27.5 Å². The molecule has 136 valence electrons. The van der Waals surface area contributed by atoms with Crippen molar-refractivity contribution in [3.63, 3.8) is 0 Å². The highest BCUT2D eigenvalue weighted by Gasteiger charge is 2.16. The van der Waals surface area contributed by atoms with E-state index in [9.17, 15) is 9.18 Å². The minimum Gasteiger partial charge on any atom is -0.467 e. The highest BCUT2D eigenvalue weighted by Crippen LogP contribution is 2.37. The Morgan fingerprint density at radius 2 is 1.96 bits per heavy atom. The first-order valence-corrected chi connectivity index (χ1v) is 9.24. The van der Waals surface area contributed by atoms with E-state index in [1.54, 1.807) is 12.1 Å². The molecule has 0 unspecified atom stereocenters. The molecule has 3 aromatic rings. The molecule has 1 amide bonds. The molecule has 1 atom stereocenters. The number of nitrogens with zero attached hydrogens (tertiary/aromatic N) is 2. The molecule has 0 radical (unpaired) electrons. The van der Waals surface area contributed by atoms with Crippen LogP contribution in [0.5, 0.6) is 5.88 Å². The number of aromatic nitrogens is 2. The zero-order valence-electron chi connectivity index (χ0n) is 14.8. The number of carbonyl (C=O) groups excluding carboxylic acids is 1. The van der Waals surface area contributed by atoms with E-state index in [-0.39, 0.29) is 24.4 Å². The maximum Gasteiger partial charge on any atom is 0.258 e. The zero-order chi connectivity index (χ0) is 18.7. The first-order chi connectivity index (χ1) is 12.5. The number of benzene rings is 1. The molecule has 7 heteroatoms. The molecule has 0 spiro atoms. The number of thiophene rings is 1. The fourth-order valence-corrected chi connectivity index (χ4v) is 3.30. The summed E-state index contributed by atoms with van der Waals surface area (Å²) < 4.78 is 18.9. The van der Waals surface area contributed by atoms with Gasteiger partial charge in [0.1, 0.15) is 17.0 Å². The molecule has 1 N–H and O–H groups in total. The van der Waals surface area contributed by atoms with Crippen LogP contribution in [0.1, 0.15) is 20.8 Å². The van der Waals surface area contributed by atoms with Gasteiger partial charge in [-0.05, 0) is 30.5 Å². The predicted octanol–water partition coefficient (Wildman–Crippen LogP) is 4.04. The number of nitrogens with one attached hydrogen (secondary N) is 1. The fourth-order valence-electron chi connectivity index (χ4n) is 2.40. The van der Waals surface area contributed by atoms with Gasteiger partial charge in [0.2, 0.25) is 5.88 Å². The molecule has 26 heavy (non-hydrogen) atoms. The third-order valence-electron chi connectivity index (χ3n) is 4.22. The number of ether oxygens (including phenoxy) is 1. The van der Waals surface area contributed by atoms with E-state index in [0.717, 1.165) is 21.3 Å². The van der Waals surface area contributed by atoms with Crippen molar-refractivity contribution in [1.29, 1.82) is 0 Å². The number of amides is 1. The summed E-state index contributed by atoms with van der Waals surface area (Å²) in [4.78, 5) is 21.3. The second-order valence-electron chi connectivity index (χ2n) is 6.40. The molecular formula is C19H20FN3O2S. The Hall–Kier alpha value is -2.54. The Bertz CT molecular complexity index is 909. The van der Waals surface area contributed by atoms with Crippen LogP contribution in [-0.2, 0) is 4.79 Å². The van der Waals surface area contributed by atoms with Crippen molar-refractivity contribution in [2.24, 2.45) is 5.92 Å². The quantitative estimate of drug-likeness (QED) is 0.708. The van der Waals surface area contributed by atoms with Crippen molar-refractivity contribution in [3.8, 4) is 17.0 Å². The second-order valence-corrected chi connectivity index (χ2v) is 7.26. The third kappa shape index (κ3) is 3.99. The Kier molecular flexibility index (Phi) is 5.46. The highest BCUT2D eigenvalue weighted by atomic mass is 32.1. The standard InChI is InChI=1S/C19H20FN3O2S/c1-11(2)12(3)23-16(24)8-25-18-17-15(9-26-19(17)22-10-21-18)13-4-6-14(20)7-5-13/h4-7,9-12H,8H2,1-3H3,(H,23,24)/t12-/m1/s1. The molecule has 0 aliphatic heterocycles. The lowest BCUT2D eigenvalue weighted by Gasteiger charge is -2.17. The van der Waals surface area contributed by atoms with Gasteiger partial charge in [0.15, 0.2) is 6.61 Å². The number of hydrogen-bond donors (Lipinski definition) is 1. The first kappa shape index (κ1) is 18.3. The Morgan fingerprint density at radius 3 is 2.65 bits per heavy atom. The Balaban J connectivity index is 1.84. The topological polar surface area (TPSA) is 64.1 Å². The van der Waals surface area contributed by atoms with Gasteiger partial charge in [-0.15, -0.1) is 11.3 Å². The number of carbonyl (C=O) groups is 1. The van der Waals surface area contributed by atoms with Gasteiger partial charge in [-0.1, -0.05) is 26.0 Å². The van der Waals surface area contributed by atoms with Crippen LogP contribution in [0.15, 0.2) is 36.0 Å². The van der Waals surface area contributed by atoms with E-state index in [1.807, 2.05) is 26.2 Å². The molecule has 0 saturated carbocycles. The molecule has 0 fully saturated rings. The SMILES string of the molecule is CC(C)[C@@H](C)NC(=O)COc1ncnc2scc(-c3ccc(F)cc3)c12. The minimum atomic E-state index is -0.294. The lowest BCUT2D eigenvalue weighted by Crippen LogP contribution is -2.39. The monoisotopic (exact) mass is 373 g/mol. The Morgan fingerprint density at radius 1 is 1.23 bits per heavy atom. The summed E-state index contributed by atoms with van der Waals surface area (Å²) in [6.07, 6.45) is 1.41. The first-order valence-electron chi connectivity index (χ1n) is 8.36. The van der Waals surface area contributed by atoms with E-state index in [0.29, 0.717) is 11.8 Å². The zero-order valence-corrected chi connectivity index (χ0v) is 15.6. The van der Waals surface area contributed by atoms with Crippen LogP contribution in [0.25, 0.3) is 21.3 Å². The van der Waals surface area contributed by atoms with Gasteiger partial charge in [0, 0.05) is 17.0 Å². The van der Waals surface area contributed by atoms with Gasteiger partial charge in [-0.3, -0.25) is 4.79 Å². The maximum atomic E-state index is 13.2. The van der Waals surface area contributed by atoms with Gasteiger partial charge >= 0.3 is 0 Å². The average molecular weight is 373 g/mol. The average Bonchev–Trinajstić information content (AvgIpc) is 3.05. The maximum absolute atomic E-state index is 13.2. The second kappa shape index (κ2) is 7.78. The fraction of sp³-hybridized carbons (Fsp3) is 0.316. The van der Waals surface area contributed by atoms with Crippen LogP contribution < -0.4 is 10.1 Å². The predicted molar refractivity (Wildman–Crippen MR) is 101 cm³/mol. The summed E-state index contributed by atoms with van der Waals surface area (Å²) in [6, 6.07) is 6.27. The number of halogens is 1. The van der Waals surface area contributed by atoms with Crippen LogP contribution in [0.2, 0.25) is 0 Å². The normalized spacial score (nSPS) is 12.3. The molecular weight excluding hydrogens is 353 g/mol. The molecule has 0 aliphatic carbocycles. The van der Waals surface area contributed by atoms with Crippen molar-refractivity contribution in [3.05, 3.63) is 41.8 Å². The largest absolute Gasteiger partial charge is 0.467 e. The summed E-state index contributed by atoms with van der Waals surface area (Å²) in [5, 5.41) is 5.56. The smallest absolute Gasteiger partial charge is 0.258 e. The van der Waals surface area contributed by atoms with Crippen LogP contribution in [0, 0.1) is 11.7 Å².